The molecular weight excluding hydrogens is 300 g/mol. The molecule has 0 spiro atoms. The van der Waals surface area contributed by atoms with E-state index < -0.39 is 0 Å². The summed E-state index contributed by atoms with van der Waals surface area (Å²) < 4.78 is 2.45. The van der Waals surface area contributed by atoms with Crippen LogP contribution in [0.3, 0.4) is 0 Å². The molecule has 2 nitrogen and oxygen atoms in total. The minimum Gasteiger partial charge on any atom is -0.323 e. The summed E-state index contributed by atoms with van der Waals surface area (Å²) >= 11 is 8.44. The third-order valence-electron chi connectivity index (χ3n) is 4.59. The lowest BCUT2D eigenvalue weighted by atomic mass is 9.94. The van der Waals surface area contributed by atoms with Crippen LogP contribution < -0.4 is 0 Å². The van der Waals surface area contributed by atoms with Crippen LogP contribution in [-0.2, 0) is 0 Å². The van der Waals surface area contributed by atoms with Gasteiger partial charge in [-0.25, -0.2) is 4.98 Å². The molecule has 1 aliphatic rings. The molecule has 1 heterocycles. The van der Waals surface area contributed by atoms with Gasteiger partial charge in [0.05, 0.1) is 16.4 Å². The van der Waals surface area contributed by atoms with Gasteiger partial charge in [0.1, 0.15) is 5.82 Å². The van der Waals surface area contributed by atoms with Crippen LogP contribution in [0, 0.1) is 6.92 Å². The Labute approximate surface area is 136 Å². The fraction of sp³-hybridized carbons (Fsp3) is 0.588. The van der Waals surface area contributed by atoms with Crippen molar-refractivity contribution in [1.29, 1.82) is 0 Å². The summed E-state index contributed by atoms with van der Waals surface area (Å²) in [5.41, 5.74) is 3.67. The number of fused-ring (bicyclic) bond motifs is 1. The van der Waals surface area contributed by atoms with Crippen molar-refractivity contribution in [3.8, 4) is 0 Å². The summed E-state index contributed by atoms with van der Waals surface area (Å²) in [6.45, 7) is 4.21. The Balaban J connectivity index is 2.12. The van der Waals surface area contributed by atoms with Gasteiger partial charge in [0.15, 0.2) is 0 Å². The van der Waals surface area contributed by atoms with E-state index in [1.807, 2.05) is 18.7 Å². The van der Waals surface area contributed by atoms with Gasteiger partial charge in [-0.3, -0.25) is 0 Å². The van der Waals surface area contributed by atoms with Crippen molar-refractivity contribution >= 4 is 34.4 Å². The maximum absolute atomic E-state index is 6.43. The highest BCUT2D eigenvalue weighted by Crippen LogP contribution is 2.39. The van der Waals surface area contributed by atoms with E-state index in [4.69, 9.17) is 16.6 Å². The number of aryl methyl sites for hydroxylation is 1. The van der Waals surface area contributed by atoms with Crippen molar-refractivity contribution in [2.45, 2.75) is 56.2 Å². The van der Waals surface area contributed by atoms with Gasteiger partial charge in [-0.05, 0) is 51.0 Å². The first-order valence-electron chi connectivity index (χ1n) is 7.76. The van der Waals surface area contributed by atoms with Crippen LogP contribution in [0.15, 0.2) is 18.2 Å². The van der Waals surface area contributed by atoms with Crippen molar-refractivity contribution in [2.24, 2.45) is 0 Å². The van der Waals surface area contributed by atoms with E-state index in [2.05, 4.69) is 35.9 Å². The molecule has 3 unspecified atom stereocenters. The molecule has 1 aromatic heterocycles. The average Bonchev–Trinajstić information content (AvgIpc) is 2.88. The standard InChI is InChI=1S/C17H23ClN2S/c1-11-6-4-9-15-16(11)20(17(19-15)12(2)18)13-7-5-8-14(10-13)21-3/h4,6,9,12-14H,5,7-8,10H2,1-3H3. The predicted octanol–water partition coefficient (Wildman–Crippen LogP) is 5.49. The van der Waals surface area contributed by atoms with Crippen LogP contribution >= 0.6 is 23.4 Å². The molecule has 114 valence electrons. The van der Waals surface area contributed by atoms with Gasteiger partial charge >= 0.3 is 0 Å². The minimum atomic E-state index is -0.0496. The van der Waals surface area contributed by atoms with Crippen LogP contribution in [0.5, 0.6) is 0 Å². The van der Waals surface area contributed by atoms with E-state index in [0.717, 1.165) is 16.6 Å². The Morgan fingerprint density at radius 3 is 2.90 bits per heavy atom. The summed E-state index contributed by atoms with van der Waals surface area (Å²) in [5.74, 6) is 1.03. The molecule has 3 atom stereocenters. The Morgan fingerprint density at radius 2 is 2.19 bits per heavy atom. The molecule has 21 heavy (non-hydrogen) atoms. The van der Waals surface area contributed by atoms with Crippen molar-refractivity contribution in [1.82, 2.24) is 9.55 Å². The molecule has 0 saturated heterocycles. The molecule has 3 rings (SSSR count). The lowest BCUT2D eigenvalue weighted by Gasteiger charge is -2.31. The second-order valence-electron chi connectivity index (χ2n) is 6.08. The second-order valence-corrected chi connectivity index (χ2v) is 7.87. The fourth-order valence-corrected chi connectivity index (χ4v) is 4.53. The largest absolute Gasteiger partial charge is 0.323 e. The molecular formula is C17H23ClN2S. The number of aromatic nitrogens is 2. The van der Waals surface area contributed by atoms with E-state index in [1.165, 1.54) is 36.8 Å². The number of nitrogens with zero attached hydrogens (tertiary/aromatic N) is 2. The first kappa shape index (κ1) is 15.2. The summed E-state index contributed by atoms with van der Waals surface area (Å²) in [4.78, 5) is 4.82. The van der Waals surface area contributed by atoms with Crippen LogP contribution in [0.2, 0.25) is 0 Å². The highest BCUT2D eigenvalue weighted by molar-refractivity contribution is 7.99. The van der Waals surface area contributed by atoms with Gasteiger partial charge in [-0.1, -0.05) is 18.6 Å². The van der Waals surface area contributed by atoms with E-state index in [1.54, 1.807) is 0 Å². The summed E-state index contributed by atoms with van der Waals surface area (Å²) in [6.07, 6.45) is 7.35. The highest BCUT2D eigenvalue weighted by atomic mass is 35.5. The third kappa shape index (κ3) is 2.83. The fourth-order valence-electron chi connectivity index (χ4n) is 3.56. The van der Waals surface area contributed by atoms with Gasteiger partial charge < -0.3 is 4.57 Å². The smallest absolute Gasteiger partial charge is 0.127 e. The van der Waals surface area contributed by atoms with Gasteiger partial charge in [0.25, 0.3) is 0 Å². The van der Waals surface area contributed by atoms with E-state index in [-0.39, 0.29) is 5.38 Å². The Morgan fingerprint density at radius 1 is 1.38 bits per heavy atom. The molecule has 1 fully saturated rings. The highest BCUT2D eigenvalue weighted by Gasteiger charge is 2.27. The zero-order valence-electron chi connectivity index (χ0n) is 13.0. The van der Waals surface area contributed by atoms with Crippen LogP contribution in [0.25, 0.3) is 11.0 Å². The van der Waals surface area contributed by atoms with Gasteiger partial charge in [-0.2, -0.15) is 11.8 Å². The molecule has 1 saturated carbocycles. The normalized spacial score (nSPS) is 24.4. The first-order valence-corrected chi connectivity index (χ1v) is 9.48. The number of para-hydroxylation sites is 1. The summed E-state index contributed by atoms with van der Waals surface area (Å²) in [6, 6.07) is 6.91. The first-order chi connectivity index (χ1) is 10.1. The molecule has 0 bridgehead atoms. The number of benzene rings is 1. The third-order valence-corrected chi connectivity index (χ3v) is 5.88. The molecule has 0 amide bonds. The van der Waals surface area contributed by atoms with Gasteiger partial charge in [-0.15, -0.1) is 11.6 Å². The minimum absolute atomic E-state index is 0.0496. The number of rotatable bonds is 3. The number of halogens is 1. The zero-order chi connectivity index (χ0) is 15.0. The van der Waals surface area contributed by atoms with Crippen molar-refractivity contribution in [3.63, 3.8) is 0 Å². The molecule has 1 aliphatic carbocycles. The maximum atomic E-state index is 6.43. The molecule has 0 radical (unpaired) electrons. The van der Waals surface area contributed by atoms with Crippen molar-refractivity contribution < 1.29 is 0 Å². The number of imidazole rings is 1. The quantitative estimate of drug-likeness (QED) is 0.695. The zero-order valence-corrected chi connectivity index (χ0v) is 14.5. The lowest BCUT2D eigenvalue weighted by molar-refractivity contribution is 0.359. The predicted molar refractivity (Wildman–Crippen MR) is 93.5 cm³/mol. The van der Waals surface area contributed by atoms with Crippen LogP contribution in [0.1, 0.15) is 55.4 Å². The van der Waals surface area contributed by atoms with Crippen molar-refractivity contribution in [3.05, 3.63) is 29.6 Å². The van der Waals surface area contributed by atoms with E-state index in [9.17, 15) is 0 Å². The summed E-state index contributed by atoms with van der Waals surface area (Å²) in [5, 5.41) is 0.718. The Bertz CT molecular complexity index is 635. The monoisotopic (exact) mass is 322 g/mol. The number of hydrogen-bond acceptors (Lipinski definition) is 2. The molecule has 2 aromatic rings. The van der Waals surface area contributed by atoms with E-state index >= 15 is 0 Å². The topological polar surface area (TPSA) is 17.8 Å². The molecule has 0 aliphatic heterocycles. The molecule has 4 heteroatoms. The number of hydrogen-bond donors (Lipinski definition) is 0. The lowest BCUT2D eigenvalue weighted by Crippen LogP contribution is -2.22. The second kappa shape index (κ2) is 6.21. The molecule has 1 aromatic carbocycles. The van der Waals surface area contributed by atoms with Crippen LogP contribution in [-0.4, -0.2) is 21.1 Å². The van der Waals surface area contributed by atoms with Crippen LogP contribution in [0.4, 0.5) is 0 Å². The number of thioether (sulfide) groups is 1. The molecule has 0 N–H and O–H groups in total. The number of alkyl halides is 1. The average molecular weight is 323 g/mol. The Kier molecular flexibility index (Phi) is 4.51. The van der Waals surface area contributed by atoms with Crippen molar-refractivity contribution in [2.75, 3.05) is 6.26 Å². The van der Waals surface area contributed by atoms with E-state index in [0.29, 0.717) is 6.04 Å². The van der Waals surface area contributed by atoms with Gasteiger partial charge in [0.2, 0.25) is 0 Å². The Hall–Kier alpha value is -0.670. The van der Waals surface area contributed by atoms with Gasteiger partial charge in [0, 0.05) is 11.3 Å². The maximum Gasteiger partial charge on any atom is 0.127 e. The summed E-state index contributed by atoms with van der Waals surface area (Å²) in [7, 11) is 0. The SMILES string of the molecule is CSC1CCCC(n2c(C(C)Cl)nc3cccc(C)c32)C1.